The van der Waals surface area contributed by atoms with E-state index >= 15 is 0 Å². The van der Waals surface area contributed by atoms with Crippen molar-refractivity contribution in [3.8, 4) is 5.69 Å². The molecule has 8 nitrogen and oxygen atoms in total. The van der Waals surface area contributed by atoms with Crippen LogP contribution in [0.15, 0.2) is 40.3 Å². The lowest BCUT2D eigenvalue weighted by Gasteiger charge is -2.26. The molecule has 166 valence electrons. The molecule has 0 bridgehead atoms. The number of aromatic nitrogens is 4. The molecule has 0 saturated heterocycles. The van der Waals surface area contributed by atoms with Gasteiger partial charge in [-0.2, -0.15) is 4.98 Å². The molecule has 9 heteroatoms. The van der Waals surface area contributed by atoms with Gasteiger partial charge < -0.3 is 14.6 Å². The van der Waals surface area contributed by atoms with Crippen molar-refractivity contribution in [2.45, 2.75) is 70.5 Å². The van der Waals surface area contributed by atoms with Gasteiger partial charge in [-0.3, -0.25) is 4.57 Å². The Morgan fingerprint density at radius 3 is 2.68 bits per heavy atom. The van der Waals surface area contributed by atoms with Gasteiger partial charge in [-0.05, 0) is 65.7 Å². The lowest BCUT2D eigenvalue weighted by atomic mass is 10.1. The first-order chi connectivity index (χ1) is 14.5. The number of benzene rings is 1. The third kappa shape index (κ3) is 5.66. The number of ether oxygens (including phenoxy) is 1. The molecule has 2 aromatic heterocycles. The van der Waals surface area contributed by atoms with Gasteiger partial charge in [0.2, 0.25) is 5.89 Å². The van der Waals surface area contributed by atoms with Crippen LogP contribution in [0.2, 0.25) is 0 Å². The number of amides is 1. The quantitative estimate of drug-likeness (QED) is 0.540. The van der Waals surface area contributed by atoms with Gasteiger partial charge in [-0.15, -0.1) is 0 Å². The van der Waals surface area contributed by atoms with Crippen molar-refractivity contribution in [3.63, 3.8) is 0 Å². The molecule has 3 rings (SSSR count). The fourth-order valence-corrected chi connectivity index (χ4v) is 3.69. The van der Waals surface area contributed by atoms with Crippen LogP contribution >= 0.6 is 11.8 Å². The van der Waals surface area contributed by atoms with Crippen LogP contribution < -0.4 is 5.32 Å². The number of alkyl carbamates (subject to hydrolysis) is 1. The lowest BCUT2D eigenvalue weighted by molar-refractivity contribution is 0.0465. The highest BCUT2D eigenvalue weighted by molar-refractivity contribution is 7.98. The van der Waals surface area contributed by atoms with E-state index in [4.69, 9.17) is 9.26 Å². The molecule has 0 aliphatic carbocycles. The molecule has 1 amide bonds. The number of carbonyl (C=O) groups excluding carboxylic acids is 1. The minimum atomic E-state index is -0.841. The molecule has 1 aromatic carbocycles. The maximum atomic E-state index is 12.1. The summed E-state index contributed by atoms with van der Waals surface area (Å²) in [6, 6.07) is 6.20. The van der Waals surface area contributed by atoms with Gasteiger partial charge in [0.1, 0.15) is 11.1 Å². The van der Waals surface area contributed by atoms with E-state index in [0.717, 1.165) is 10.8 Å². The third-order valence-corrected chi connectivity index (χ3v) is 5.56. The number of carbonyl (C=O) groups is 1. The number of thioether (sulfide) groups is 1. The first-order valence-corrected chi connectivity index (χ1v) is 11.0. The topological polar surface area (TPSA) is 95.1 Å². The molecular weight excluding hydrogens is 414 g/mol. The standard InChI is InChI=1S/C22H29N5O3S/c1-14-9-8-10-16(15(14)2)27-12-11-23-19(27)31-13-17-24-18(26-30-17)22(6,7)25-20(28)29-21(3,4)5/h8-12H,13H2,1-7H3,(H,25,28). The van der Waals surface area contributed by atoms with Crippen molar-refractivity contribution in [3.05, 3.63) is 53.4 Å². The number of hydrogen-bond donors (Lipinski definition) is 1. The molecule has 2 heterocycles. The monoisotopic (exact) mass is 443 g/mol. The Bertz CT molecular complexity index is 1070. The van der Waals surface area contributed by atoms with E-state index in [0.29, 0.717) is 17.5 Å². The lowest BCUT2D eigenvalue weighted by Crippen LogP contribution is -2.44. The third-order valence-electron chi connectivity index (χ3n) is 4.61. The fourth-order valence-electron chi connectivity index (χ4n) is 2.88. The summed E-state index contributed by atoms with van der Waals surface area (Å²) in [7, 11) is 0. The minimum Gasteiger partial charge on any atom is -0.444 e. The van der Waals surface area contributed by atoms with Gasteiger partial charge in [0, 0.05) is 12.4 Å². The van der Waals surface area contributed by atoms with Gasteiger partial charge in [0.05, 0.1) is 11.4 Å². The van der Waals surface area contributed by atoms with Gasteiger partial charge in [0.15, 0.2) is 11.0 Å². The van der Waals surface area contributed by atoms with Gasteiger partial charge in [-0.25, -0.2) is 9.78 Å². The summed E-state index contributed by atoms with van der Waals surface area (Å²) in [5.74, 6) is 1.29. The van der Waals surface area contributed by atoms with E-state index in [2.05, 4.69) is 51.0 Å². The molecule has 0 fully saturated rings. The second kappa shape index (κ2) is 8.74. The van der Waals surface area contributed by atoms with Crippen LogP contribution in [0.4, 0.5) is 4.79 Å². The van der Waals surface area contributed by atoms with Crippen LogP contribution in [-0.4, -0.2) is 31.4 Å². The first-order valence-electron chi connectivity index (χ1n) is 10.0. The minimum absolute atomic E-state index is 0.381. The fraction of sp³-hybridized carbons (Fsp3) is 0.455. The number of rotatable bonds is 6. The second-order valence-electron chi connectivity index (χ2n) is 8.85. The Labute approximate surface area is 186 Å². The molecule has 0 aliphatic rings. The van der Waals surface area contributed by atoms with E-state index in [-0.39, 0.29) is 0 Å². The zero-order valence-corrected chi connectivity index (χ0v) is 19.8. The molecule has 31 heavy (non-hydrogen) atoms. The highest BCUT2D eigenvalue weighted by Crippen LogP contribution is 2.27. The highest BCUT2D eigenvalue weighted by Gasteiger charge is 2.31. The van der Waals surface area contributed by atoms with E-state index in [1.54, 1.807) is 20.0 Å². The molecule has 0 radical (unpaired) electrons. The highest BCUT2D eigenvalue weighted by atomic mass is 32.2. The zero-order chi connectivity index (χ0) is 22.8. The summed E-state index contributed by atoms with van der Waals surface area (Å²) in [6.07, 6.45) is 3.18. The number of hydrogen-bond acceptors (Lipinski definition) is 7. The Morgan fingerprint density at radius 1 is 1.23 bits per heavy atom. The summed E-state index contributed by atoms with van der Waals surface area (Å²) in [5.41, 5.74) is 2.09. The van der Waals surface area contributed by atoms with Gasteiger partial charge in [-0.1, -0.05) is 29.1 Å². The number of nitrogens with zero attached hydrogens (tertiary/aromatic N) is 4. The van der Waals surface area contributed by atoms with Crippen LogP contribution in [0.5, 0.6) is 0 Å². The van der Waals surface area contributed by atoms with Crippen molar-refractivity contribution in [1.82, 2.24) is 25.0 Å². The van der Waals surface area contributed by atoms with Crippen LogP contribution in [0, 0.1) is 13.8 Å². The van der Waals surface area contributed by atoms with E-state index in [9.17, 15) is 4.79 Å². The molecule has 0 aliphatic heterocycles. The molecule has 3 aromatic rings. The van der Waals surface area contributed by atoms with Crippen LogP contribution in [0.25, 0.3) is 5.69 Å². The molecular formula is C22H29N5O3S. The smallest absolute Gasteiger partial charge is 0.408 e. The molecule has 0 atom stereocenters. The maximum Gasteiger partial charge on any atom is 0.408 e. The largest absolute Gasteiger partial charge is 0.444 e. The van der Waals surface area contributed by atoms with Crippen molar-refractivity contribution >= 4 is 17.9 Å². The summed E-state index contributed by atoms with van der Waals surface area (Å²) < 4.78 is 12.8. The Hall–Kier alpha value is -2.81. The summed E-state index contributed by atoms with van der Waals surface area (Å²) in [4.78, 5) is 21.1. The summed E-state index contributed by atoms with van der Waals surface area (Å²) >= 11 is 1.51. The van der Waals surface area contributed by atoms with Crippen molar-refractivity contribution < 1.29 is 14.1 Å². The van der Waals surface area contributed by atoms with Crippen LogP contribution in [0.1, 0.15) is 57.5 Å². The van der Waals surface area contributed by atoms with E-state index in [1.165, 1.54) is 22.9 Å². The maximum absolute atomic E-state index is 12.1. The number of imidazole rings is 1. The van der Waals surface area contributed by atoms with Crippen LogP contribution in [0.3, 0.4) is 0 Å². The molecule has 0 spiro atoms. The van der Waals surface area contributed by atoms with Crippen molar-refractivity contribution in [2.75, 3.05) is 0 Å². The average Bonchev–Trinajstić information content (AvgIpc) is 3.29. The van der Waals surface area contributed by atoms with Crippen molar-refractivity contribution in [1.29, 1.82) is 0 Å². The molecule has 0 saturated carbocycles. The molecule has 0 unspecified atom stereocenters. The summed E-state index contributed by atoms with van der Waals surface area (Å²) in [6.45, 7) is 13.2. The van der Waals surface area contributed by atoms with E-state index in [1.807, 2.05) is 33.0 Å². The van der Waals surface area contributed by atoms with Crippen LogP contribution in [-0.2, 0) is 16.0 Å². The number of nitrogens with one attached hydrogen (secondary N) is 1. The van der Waals surface area contributed by atoms with Gasteiger partial charge >= 0.3 is 6.09 Å². The van der Waals surface area contributed by atoms with E-state index < -0.39 is 17.2 Å². The van der Waals surface area contributed by atoms with Crippen molar-refractivity contribution in [2.24, 2.45) is 0 Å². The molecule has 1 N–H and O–H groups in total. The Morgan fingerprint density at radius 2 is 1.97 bits per heavy atom. The second-order valence-corrected chi connectivity index (χ2v) is 9.79. The summed E-state index contributed by atoms with van der Waals surface area (Å²) in [5, 5.41) is 7.66. The predicted octanol–water partition coefficient (Wildman–Crippen LogP) is 4.92. The SMILES string of the molecule is Cc1cccc(-n2ccnc2SCc2nc(C(C)(C)NC(=O)OC(C)(C)C)no2)c1C. The Balaban J connectivity index is 1.68. The Kier molecular flexibility index (Phi) is 6.45. The van der Waals surface area contributed by atoms with Gasteiger partial charge in [0.25, 0.3) is 0 Å². The predicted molar refractivity (Wildman–Crippen MR) is 119 cm³/mol. The zero-order valence-electron chi connectivity index (χ0n) is 19.0. The normalized spacial score (nSPS) is 12.1. The first kappa shape index (κ1) is 22.9. The average molecular weight is 444 g/mol. The number of aryl methyl sites for hydroxylation is 1.